The first-order valence-corrected chi connectivity index (χ1v) is 15.0. The second-order valence-electron chi connectivity index (χ2n) is 12.9. The lowest BCUT2D eigenvalue weighted by atomic mass is 9.47. The minimum absolute atomic E-state index is 0.0412. The predicted octanol–water partition coefficient (Wildman–Crippen LogP) is 6.13. The standard InChI is InChI=1S/C34H39NO7/c1-19(36)42-21-13-15-33(2)20(18-21)9-10-22-23-11-12-25(34(23,3)16-14-24(22)33)30(37)29-28(32(39)41-5)27(31(38)40-4)26-8-6-7-17-35(26)29/h6-9,12,17,21-24H,10-11,13-16,18H2,1-5H3/t21-,22-,23-,24-,33-,34-/m0/s1. The average Bonchev–Trinajstić information content (AvgIpc) is 3.51. The SMILES string of the molecule is COC(=O)c1c(C(=O)OC)c2ccccn2c1C(=O)C1=CC[C@H]2[C@@H]3CC=C4C[C@@H](OC(C)=O)CC[C@]4(C)[C@H]3CC[C@]12C. The normalized spacial score (nSPS) is 31.6. The summed E-state index contributed by atoms with van der Waals surface area (Å²) in [5.41, 5.74) is 2.42. The maximum Gasteiger partial charge on any atom is 0.341 e. The van der Waals surface area contributed by atoms with Crippen LogP contribution in [0.4, 0.5) is 0 Å². The summed E-state index contributed by atoms with van der Waals surface area (Å²) in [6.45, 7) is 6.08. The molecule has 42 heavy (non-hydrogen) atoms. The fraction of sp³-hybridized carbons (Fsp3) is 0.529. The first-order chi connectivity index (χ1) is 20.0. The van der Waals surface area contributed by atoms with Gasteiger partial charge < -0.3 is 18.6 Å². The molecule has 4 aliphatic carbocycles. The monoisotopic (exact) mass is 573 g/mol. The minimum Gasteiger partial charge on any atom is -0.465 e. The number of methoxy groups -OCH3 is 2. The van der Waals surface area contributed by atoms with Crippen LogP contribution < -0.4 is 0 Å². The molecule has 2 fully saturated rings. The van der Waals surface area contributed by atoms with E-state index in [4.69, 9.17) is 14.2 Å². The summed E-state index contributed by atoms with van der Waals surface area (Å²) in [5, 5.41) is 0. The van der Waals surface area contributed by atoms with Crippen LogP contribution in [0.1, 0.15) is 96.9 Å². The van der Waals surface area contributed by atoms with Gasteiger partial charge in [-0.2, -0.15) is 0 Å². The second-order valence-corrected chi connectivity index (χ2v) is 12.9. The summed E-state index contributed by atoms with van der Waals surface area (Å²) in [4.78, 5) is 52.2. The number of aromatic nitrogens is 1. The van der Waals surface area contributed by atoms with Crippen LogP contribution >= 0.6 is 0 Å². The lowest BCUT2D eigenvalue weighted by molar-refractivity contribution is -0.148. The van der Waals surface area contributed by atoms with Crippen molar-refractivity contribution in [2.24, 2.45) is 28.6 Å². The van der Waals surface area contributed by atoms with E-state index in [9.17, 15) is 19.2 Å². The molecule has 222 valence electrons. The summed E-state index contributed by atoms with van der Waals surface area (Å²) in [7, 11) is 2.51. The van der Waals surface area contributed by atoms with Gasteiger partial charge in [-0.25, -0.2) is 9.59 Å². The van der Waals surface area contributed by atoms with Crippen molar-refractivity contribution >= 4 is 29.2 Å². The molecule has 2 aromatic heterocycles. The number of fused-ring (bicyclic) bond motifs is 6. The van der Waals surface area contributed by atoms with Crippen LogP contribution in [-0.4, -0.2) is 48.4 Å². The zero-order valence-electron chi connectivity index (χ0n) is 25.0. The maximum absolute atomic E-state index is 14.6. The van der Waals surface area contributed by atoms with E-state index in [-0.39, 0.29) is 45.5 Å². The number of esters is 3. The van der Waals surface area contributed by atoms with Crippen LogP contribution in [0.3, 0.4) is 0 Å². The lowest BCUT2D eigenvalue weighted by Crippen LogP contribution is -2.50. The van der Waals surface area contributed by atoms with Gasteiger partial charge in [0.1, 0.15) is 22.9 Å². The van der Waals surface area contributed by atoms with Crippen LogP contribution in [0.25, 0.3) is 5.52 Å². The van der Waals surface area contributed by atoms with Crippen molar-refractivity contribution in [1.29, 1.82) is 0 Å². The van der Waals surface area contributed by atoms with E-state index in [2.05, 4.69) is 26.0 Å². The highest BCUT2D eigenvalue weighted by molar-refractivity contribution is 6.20. The Kier molecular flexibility index (Phi) is 6.94. The van der Waals surface area contributed by atoms with Crippen LogP contribution in [0, 0.1) is 28.6 Å². The Balaban J connectivity index is 1.36. The van der Waals surface area contributed by atoms with E-state index in [0.717, 1.165) is 44.9 Å². The van der Waals surface area contributed by atoms with Crippen molar-refractivity contribution in [2.75, 3.05) is 14.2 Å². The number of rotatable bonds is 5. The molecule has 0 N–H and O–H groups in total. The van der Waals surface area contributed by atoms with Gasteiger partial charge in [-0.1, -0.05) is 37.6 Å². The molecule has 8 heteroatoms. The third kappa shape index (κ3) is 4.08. The van der Waals surface area contributed by atoms with E-state index >= 15 is 0 Å². The highest BCUT2D eigenvalue weighted by Crippen LogP contribution is 2.65. The van der Waals surface area contributed by atoms with Gasteiger partial charge in [0.25, 0.3) is 0 Å². The molecule has 4 aliphatic rings. The molecule has 0 aliphatic heterocycles. The minimum atomic E-state index is -0.742. The van der Waals surface area contributed by atoms with Crippen LogP contribution in [-0.2, 0) is 19.0 Å². The fourth-order valence-corrected chi connectivity index (χ4v) is 9.05. The molecule has 0 amide bonds. The Morgan fingerprint density at radius 1 is 0.881 bits per heavy atom. The van der Waals surface area contributed by atoms with Crippen molar-refractivity contribution in [3.63, 3.8) is 0 Å². The Labute approximate surface area is 246 Å². The van der Waals surface area contributed by atoms with Crippen molar-refractivity contribution in [1.82, 2.24) is 4.40 Å². The Morgan fingerprint density at radius 3 is 2.31 bits per heavy atom. The quantitative estimate of drug-likeness (QED) is 0.184. The molecule has 0 bridgehead atoms. The topological polar surface area (TPSA) is 100 Å². The number of ketones is 1. The van der Waals surface area contributed by atoms with Crippen molar-refractivity contribution < 1.29 is 33.4 Å². The summed E-state index contributed by atoms with van der Waals surface area (Å²) in [5.74, 6) is -0.663. The van der Waals surface area contributed by atoms with Gasteiger partial charge in [-0.05, 0) is 79.2 Å². The molecule has 6 atom stereocenters. The number of ether oxygens (including phenoxy) is 3. The first kappa shape index (κ1) is 28.4. The van der Waals surface area contributed by atoms with E-state index in [1.54, 1.807) is 28.8 Å². The number of nitrogens with zero attached hydrogens (tertiary/aromatic N) is 1. The van der Waals surface area contributed by atoms with Crippen molar-refractivity contribution in [3.05, 3.63) is 64.5 Å². The van der Waals surface area contributed by atoms with E-state index in [1.807, 2.05) is 0 Å². The lowest BCUT2D eigenvalue weighted by Gasteiger charge is -2.57. The number of pyridine rings is 1. The number of Topliss-reactive ketones (excluding diaryl/α,β-unsaturated/α-hetero) is 1. The van der Waals surface area contributed by atoms with Gasteiger partial charge in [0, 0.05) is 25.1 Å². The molecule has 8 nitrogen and oxygen atoms in total. The third-order valence-corrected chi connectivity index (χ3v) is 11.1. The maximum atomic E-state index is 14.6. The van der Waals surface area contributed by atoms with Gasteiger partial charge in [0.15, 0.2) is 0 Å². The summed E-state index contributed by atoms with van der Waals surface area (Å²) < 4.78 is 17.3. The number of allylic oxidation sites excluding steroid dienone is 3. The number of hydrogen-bond donors (Lipinski definition) is 0. The molecule has 0 saturated heterocycles. The number of carbonyl (C=O) groups excluding carboxylic acids is 4. The van der Waals surface area contributed by atoms with Gasteiger partial charge in [0.05, 0.1) is 19.7 Å². The predicted molar refractivity (Wildman–Crippen MR) is 155 cm³/mol. The highest BCUT2D eigenvalue weighted by Gasteiger charge is 2.58. The summed E-state index contributed by atoms with van der Waals surface area (Å²) >= 11 is 0. The smallest absolute Gasteiger partial charge is 0.341 e. The fourth-order valence-electron chi connectivity index (χ4n) is 9.05. The molecule has 0 spiro atoms. The molecule has 0 aromatic carbocycles. The molecule has 0 unspecified atom stereocenters. The van der Waals surface area contributed by atoms with E-state index < -0.39 is 11.9 Å². The molecule has 2 saturated carbocycles. The van der Waals surface area contributed by atoms with E-state index in [0.29, 0.717) is 28.8 Å². The molecule has 2 aromatic rings. The second kappa shape index (κ2) is 10.2. The average molecular weight is 574 g/mol. The van der Waals surface area contributed by atoms with Gasteiger partial charge in [-0.3, -0.25) is 9.59 Å². The first-order valence-electron chi connectivity index (χ1n) is 15.0. The molecular weight excluding hydrogens is 534 g/mol. The molecule has 0 radical (unpaired) electrons. The Bertz CT molecular complexity index is 1560. The molecule has 6 rings (SSSR count). The molecular formula is C34H39NO7. The number of carbonyl (C=O) groups is 4. The van der Waals surface area contributed by atoms with Gasteiger partial charge in [-0.15, -0.1) is 0 Å². The van der Waals surface area contributed by atoms with Crippen molar-refractivity contribution in [2.45, 2.75) is 71.8 Å². The van der Waals surface area contributed by atoms with Crippen molar-refractivity contribution in [3.8, 4) is 0 Å². The Hall–Kier alpha value is -3.68. The van der Waals surface area contributed by atoms with Crippen LogP contribution in [0.2, 0.25) is 0 Å². The zero-order chi connectivity index (χ0) is 30.0. The number of hydrogen-bond acceptors (Lipinski definition) is 7. The third-order valence-electron chi connectivity index (χ3n) is 11.1. The van der Waals surface area contributed by atoms with Crippen LogP contribution in [0.15, 0.2) is 47.7 Å². The summed E-state index contributed by atoms with van der Waals surface area (Å²) in [6.07, 6.45) is 12.4. The van der Waals surface area contributed by atoms with Gasteiger partial charge >= 0.3 is 17.9 Å². The van der Waals surface area contributed by atoms with Gasteiger partial charge in [0.2, 0.25) is 5.78 Å². The zero-order valence-corrected chi connectivity index (χ0v) is 25.0. The highest BCUT2D eigenvalue weighted by atomic mass is 16.5. The molecule has 2 heterocycles. The van der Waals surface area contributed by atoms with Crippen LogP contribution in [0.5, 0.6) is 0 Å². The largest absolute Gasteiger partial charge is 0.465 e. The van der Waals surface area contributed by atoms with E-state index in [1.165, 1.54) is 26.7 Å². The Morgan fingerprint density at radius 2 is 1.60 bits per heavy atom. The summed E-state index contributed by atoms with van der Waals surface area (Å²) in [6, 6.07) is 5.24.